The summed E-state index contributed by atoms with van der Waals surface area (Å²) < 4.78 is 15.6. The SMILES string of the molecule is CC(C(=O)NC(=O)Nc1ccccc1F)N1CCN(Cc2cn3ccccc3n2)CC1. The van der Waals surface area contributed by atoms with Crippen LogP contribution in [0.4, 0.5) is 14.9 Å². The maximum atomic E-state index is 13.6. The molecule has 9 heteroatoms. The van der Waals surface area contributed by atoms with Crippen molar-refractivity contribution < 1.29 is 14.0 Å². The van der Waals surface area contributed by atoms with Gasteiger partial charge in [0.15, 0.2) is 0 Å². The molecule has 1 atom stereocenters. The fourth-order valence-electron chi connectivity index (χ4n) is 3.70. The van der Waals surface area contributed by atoms with E-state index < -0.39 is 23.8 Å². The third kappa shape index (κ3) is 5.07. The summed E-state index contributed by atoms with van der Waals surface area (Å²) in [5.74, 6) is -0.970. The molecule has 2 aromatic heterocycles. The third-order valence-electron chi connectivity index (χ3n) is 5.49. The number of nitrogens with one attached hydrogen (secondary N) is 2. The van der Waals surface area contributed by atoms with Crippen LogP contribution in [-0.4, -0.2) is 63.3 Å². The first-order valence-corrected chi connectivity index (χ1v) is 10.2. The Labute approximate surface area is 179 Å². The van der Waals surface area contributed by atoms with Crippen LogP contribution in [0.3, 0.4) is 0 Å². The van der Waals surface area contributed by atoms with Gasteiger partial charge in [0.05, 0.1) is 17.4 Å². The Morgan fingerprint density at radius 2 is 1.84 bits per heavy atom. The predicted molar refractivity (Wildman–Crippen MR) is 115 cm³/mol. The number of urea groups is 1. The molecule has 1 aromatic carbocycles. The normalized spacial score (nSPS) is 16.2. The number of halogens is 1. The van der Waals surface area contributed by atoms with Crippen LogP contribution >= 0.6 is 0 Å². The number of hydrogen-bond acceptors (Lipinski definition) is 5. The number of imidazole rings is 1. The van der Waals surface area contributed by atoms with Crippen molar-refractivity contribution in [2.45, 2.75) is 19.5 Å². The van der Waals surface area contributed by atoms with Gasteiger partial charge in [-0.1, -0.05) is 18.2 Å². The van der Waals surface area contributed by atoms with E-state index in [0.29, 0.717) is 13.1 Å². The summed E-state index contributed by atoms with van der Waals surface area (Å²) in [5, 5.41) is 4.66. The van der Waals surface area contributed by atoms with E-state index in [1.807, 2.05) is 39.9 Å². The molecule has 162 valence electrons. The summed E-state index contributed by atoms with van der Waals surface area (Å²) in [6, 6.07) is 10.5. The van der Waals surface area contributed by atoms with Gasteiger partial charge in [-0.05, 0) is 31.2 Å². The number of benzene rings is 1. The Morgan fingerprint density at radius 1 is 1.10 bits per heavy atom. The van der Waals surface area contributed by atoms with Gasteiger partial charge in [-0.15, -0.1) is 0 Å². The average molecular weight is 424 g/mol. The Morgan fingerprint density at radius 3 is 2.58 bits per heavy atom. The van der Waals surface area contributed by atoms with E-state index in [2.05, 4.69) is 20.5 Å². The van der Waals surface area contributed by atoms with Crippen LogP contribution in [0.1, 0.15) is 12.6 Å². The van der Waals surface area contributed by atoms with Crippen molar-refractivity contribution in [3.8, 4) is 0 Å². The van der Waals surface area contributed by atoms with Crippen LogP contribution in [0.15, 0.2) is 54.9 Å². The van der Waals surface area contributed by atoms with Gasteiger partial charge in [0.2, 0.25) is 5.91 Å². The molecule has 0 saturated carbocycles. The molecule has 1 aliphatic rings. The number of amides is 3. The van der Waals surface area contributed by atoms with Crippen molar-refractivity contribution in [3.05, 3.63) is 66.4 Å². The summed E-state index contributed by atoms with van der Waals surface area (Å²) in [6.07, 6.45) is 4.01. The molecule has 3 heterocycles. The molecule has 0 spiro atoms. The second kappa shape index (κ2) is 9.23. The number of para-hydroxylation sites is 1. The van der Waals surface area contributed by atoms with Gasteiger partial charge in [-0.25, -0.2) is 14.2 Å². The molecule has 1 fully saturated rings. The van der Waals surface area contributed by atoms with E-state index >= 15 is 0 Å². The number of carbonyl (C=O) groups is 2. The Balaban J connectivity index is 1.25. The molecular formula is C22H25FN6O2. The molecule has 0 radical (unpaired) electrons. The Kier molecular flexibility index (Phi) is 6.24. The van der Waals surface area contributed by atoms with E-state index in [1.54, 1.807) is 13.0 Å². The zero-order valence-corrected chi connectivity index (χ0v) is 17.3. The summed E-state index contributed by atoms with van der Waals surface area (Å²) in [5.41, 5.74) is 1.96. The quantitative estimate of drug-likeness (QED) is 0.657. The van der Waals surface area contributed by atoms with Crippen molar-refractivity contribution in [1.29, 1.82) is 0 Å². The highest BCUT2D eigenvalue weighted by Crippen LogP contribution is 2.13. The van der Waals surface area contributed by atoms with Crippen LogP contribution in [0.25, 0.3) is 5.65 Å². The number of piperazine rings is 1. The van der Waals surface area contributed by atoms with Crippen LogP contribution in [-0.2, 0) is 11.3 Å². The molecule has 3 amide bonds. The minimum Gasteiger partial charge on any atom is -0.307 e. The fourth-order valence-corrected chi connectivity index (χ4v) is 3.70. The van der Waals surface area contributed by atoms with Gasteiger partial charge < -0.3 is 9.72 Å². The van der Waals surface area contributed by atoms with Gasteiger partial charge in [-0.3, -0.25) is 19.9 Å². The molecule has 8 nitrogen and oxygen atoms in total. The number of rotatable bonds is 5. The third-order valence-corrected chi connectivity index (χ3v) is 5.49. The monoisotopic (exact) mass is 424 g/mol. The maximum absolute atomic E-state index is 13.6. The van der Waals surface area contributed by atoms with Gasteiger partial charge >= 0.3 is 6.03 Å². The van der Waals surface area contributed by atoms with Crippen molar-refractivity contribution in [2.24, 2.45) is 0 Å². The lowest BCUT2D eigenvalue weighted by Gasteiger charge is -2.37. The minimum atomic E-state index is -0.743. The molecule has 4 rings (SSSR count). The molecule has 1 unspecified atom stereocenters. The highest BCUT2D eigenvalue weighted by Gasteiger charge is 2.27. The molecule has 31 heavy (non-hydrogen) atoms. The summed E-state index contributed by atoms with van der Waals surface area (Å²) in [7, 11) is 0. The molecule has 3 aromatic rings. The molecule has 1 aliphatic heterocycles. The topological polar surface area (TPSA) is 82.0 Å². The van der Waals surface area contributed by atoms with Gasteiger partial charge in [0.25, 0.3) is 0 Å². The van der Waals surface area contributed by atoms with E-state index in [4.69, 9.17) is 0 Å². The molecular weight excluding hydrogens is 399 g/mol. The number of hydrogen-bond donors (Lipinski definition) is 2. The van der Waals surface area contributed by atoms with E-state index in [0.717, 1.165) is 31.0 Å². The number of carbonyl (C=O) groups excluding carboxylic acids is 2. The number of nitrogens with zero attached hydrogens (tertiary/aromatic N) is 4. The van der Waals surface area contributed by atoms with Crippen LogP contribution in [0.2, 0.25) is 0 Å². The number of imide groups is 1. The van der Waals surface area contributed by atoms with Crippen molar-refractivity contribution in [1.82, 2.24) is 24.5 Å². The highest BCUT2D eigenvalue weighted by atomic mass is 19.1. The smallest absolute Gasteiger partial charge is 0.307 e. The second-order valence-corrected chi connectivity index (χ2v) is 7.61. The molecule has 1 saturated heterocycles. The van der Waals surface area contributed by atoms with Crippen LogP contribution in [0.5, 0.6) is 0 Å². The average Bonchev–Trinajstić information content (AvgIpc) is 3.17. The predicted octanol–water partition coefficient (Wildman–Crippen LogP) is 2.33. The summed E-state index contributed by atoms with van der Waals surface area (Å²) in [4.78, 5) is 33.5. The zero-order valence-electron chi connectivity index (χ0n) is 17.3. The van der Waals surface area contributed by atoms with Crippen molar-refractivity contribution >= 4 is 23.3 Å². The van der Waals surface area contributed by atoms with E-state index in [9.17, 15) is 14.0 Å². The summed E-state index contributed by atoms with van der Waals surface area (Å²) >= 11 is 0. The second-order valence-electron chi connectivity index (χ2n) is 7.61. The Bertz CT molecular complexity index is 1040. The maximum Gasteiger partial charge on any atom is 0.326 e. The van der Waals surface area contributed by atoms with E-state index in [-0.39, 0.29) is 5.69 Å². The first kappa shape index (κ1) is 21.0. The minimum absolute atomic E-state index is 0.0287. The lowest BCUT2D eigenvalue weighted by Crippen LogP contribution is -2.54. The highest BCUT2D eigenvalue weighted by molar-refractivity contribution is 6.02. The van der Waals surface area contributed by atoms with Crippen LogP contribution < -0.4 is 10.6 Å². The number of fused-ring (bicyclic) bond motifs is 1. The number of anilines is 1. The molecule has 2 N–H and O–H groups in total. The van der Waals surface area contributed by atoms with Crippen LogP contribution in [0, 0.1) is 5.82 Å². The zero-order chi connectivity index (χ0) is 21.8. The fraction of sp³-hybridized carbons (Fsp3) is 0.318. The first-order chi connectivity index (χ1) is 15.0. The first-order valence-electron chi connectivity index (χ1n) is 10.2. The lowest BCUT2D eigenvalue weighted by atomic mass is 10.2. The van der Waals surface area contributed by atoms with Gasteiger partial charge in [0.1, 0.15) is 11.5 Å². The van der Waals surface area contributed by atoms with Crippen molar-refractivity contribution in [2.75, 3.05) is 31.5 Å². The van der Waals surface area contributed by atoms with E-state index in [1.165, 1.54) is 18.2 Å². The van der Waals surface area contributed by atoms with Gasteiger partial charge in [-0.2, -0.15) is 0 Å². The lowest BCUT2D eigenvalue weighted by molar-refractivity contribution is -0.125. The summed E-state index contributed by atoms with van der Waals surface area (Å²) in [6.45, 7) is 5.53. The van der Waals surface area contributed by atoms with Crippen molar-refractivity contribution in [3.63, 3.8) is 0 Å². The molecule has 0 aliphatic carbocycles. The number of pyridine rings is 1. The largest absolute Gasteiger partial charge is 0.326 e. The standard InChI is InChI=1S/C22H25FN6O2/c1-16(21(30)26-22(31)25-19-7-3-2-6-18(19)23)28-12-10-27(11-13-28)14-17-15-29-9-5-4-8-20(29)24-17/h2-9,15-16H,10-14H2,1H3,(H2,25,26,30,31). The molecule has 0 bridgehead atoms. The Hall–Kier alpha value is -3.30. The number of aromatic nitrogens is 2. The van der Waals surface area contributed by atoms with Gasteiger partial charge in [0, 0.05) is 45.1 Å².